The lowest BCUT2D eigenvalue weighted by atomic mass is 9.37. The van der Waals surface area contributed by atoms with Gasteiger partial charge < -0.3 is 18.6 Å². The summed E-state index contributed by atoms with van der Waals surface area (Å²) in [6, 6.07) is 5.06. The van der Waals surface area contributed by atoms with Gasteiger partial charge in [-0.15, -0.1) is 0 Å². The van der Waals surface area contributed by atoms with Gasteiger partial charge in [-0.05, 0) is 73.1 Å². The second-order valence-corrected chi connectivity index (χ2v) is 10.5. The molecule has 2 heterocycles. The summed E-state index contributed by atoms with van der Waals surface area (Å²) in [6.45, 7) is 17.3. The summed E-state index contributed by atoms with van der Waals surface area (Å²) < 4.78 is 64.7. The van der Waals surface area contributed by atoms with Gasteiger partial charge in [0.15, 0.2) is 0 Å². The molecule has 0 radical (unpaired) electrons. The largest absolute Gasteiger partial charge is 0.466 e. The van der Waals surface area contributed by atoms with Gasteiger partial charge in [-0.1, -0.05) is 19.1 Å². The highest BCUT2D eigenvalue weighted by atomic mass is 19.4. The van der Waals surface area contributed by atoms with Gasteiger partial charge in [0.05, 0.1) is 33.2 Å². The van der Waals surface area contributed by atoms with Crippen molar-refractivity contribution in [1.82, 2.24) is 0 Å². The van der Waals surface area contributed by atoms with Crippen LogP contribution in [0.5, 0.6) is 0 Å². The number of alkyl halides is 3. The molecular weight excluding hydrogens is 395 g/mol. The highest BCUT2D eigenvalue weighted by molar-refractivity contribution is 6.71. The topological polar surface area (TPSA) is 36.9 Å². The van der Waals surface area contributed by atoms with E-state index in [0.29, 0.717) is 5.56 Å². The minimum absolute atomic E-state index is 0.590. The summed E-state index contributed by atoms with van der Waals surface area (Å²) in [5.74, 6) is 0. The zero-order valence-corrected chi connectivity index (χ0v) is 19.2. The summed E-state index contributed by atoms with van der Waals surface area (Å²) >= 11 is 0. The molecule has 2 aliphatic heterocycles. The van der Waals surface area contributed by atoms with Crippen LogP contribution in [0.1, 0.15) is 73.4 Å². The first-order chi connectivity index (χ1) is 13.3. The number of hydrogen-bond acceptors (Lipinski definition) is 4. The van der Waals surface area contributed by atoms with Gasteiger partial charge in [0.2, 0.25) is 0 Å². The molecule has 0 spiro atoms. The Hall–Kier alpha value is -1.02. The van der Waals surface area contributed by atoms with Crippen LogP contribution in [0.2, 0.25) is 0 Å². The Morgan fingerprint density at radius 1 is 0.600 bits per heavy atom. The molecule has 3 rings (SSSR count). The standard InChI is InChI=1S/C21H31B2F3O4/c1-16(2)17(3,4)28-22(27-16)20(9,23-29-18(5,6)19(7,8)30-23)14-10-12-15(13-11-14)21(24,25)26/h10-13H,1-9H3. The molecular formula is C21H31B2F3O4. The average Bonchev–Trinajstić information content (AvgIpc) is 2.93. The molecule has 0 atom stereocenters. The second kappa shape index (κ2) is 6.74. The Labute approximate surface area is 178 Å². The van der Waals surface area contributed by atoms with Gasteiger partial charge in [0, 0.05) is 0 Å². The molecule has 9 heteroatoms. The molecule has 0 saturated carbocycles. The van der Waals surface area contributed by atoms with Gasteiger partial charge in [0.25, 0.3) is 0 Å². The molecule has 30 heavy (non-hydrogen) atoms. The summed E-state index contributed by atoms with van der Waals surface area (Å²) in [7, 11) is -1.57. The van der Waals surface area contributed by atoms with Crippen LogP contribution in [-0.4, -0.2) is 36.6 Å². The van der Waals surface area contributed by atoms with E-state index in [1.165, 1.54) is 12.1 Å². The molecule has 0 unspecified atom stereocenters. The summed E-state index contributed by atoms with van der Waals surface area (Å²) in [6.07, 6.45) is -4.41. The third-order valence-electron chi connectivity index (χ3n) is 7.32. The van der Waals surface area contributed by atoms with Crippen LogP contribution in [0.4, 0.5) is 13.2 Å². The minimum atomic E-state index is -4.41. The van der Waals surface area contributed by atoms with Crippen LogP contribution in [0.15, 0.2) is 24.3 Å². The Balaban J connectivity index is 2.09. The van der Waals surface area contributed by atoms with E-state index >= 15 is 0 Å². The SMILES string of the molecule is CC(B1OC(C)(C)C(C)(C)O1)(B1OC(C)(C)C(C)(C)O1)c1ccc(C(F)(F)F)cc1. The third-order valence-corrected chi connectivity index (χ3v) is 7.32. The maximum atomic E-state index is 13.1. The fourth-order valence-electron chi connectivity index (χ4n) is 3.58. The van der Waals surface area contributed by atoms with Crippen molar-refractivity contribution in [3.8, 4) is 0 Å². The van der Waals surface area contributed by atoms with E-state index in [-0.39, 0.29) is 0 Å². The Bertz CT molecular complexity index is 735. The number of rotatable bonds is 3. The second-order valence-electron chi connectivity index (χ2n) is 10.5. The molecule has 166 valence electrons. The lowest BCUT2D eigenvalue weighted by molar-refractivity contribution is -0.137. The minimum Gasteiger partial charge on any atom is -0.403 e. The van der Waals surface area contributed by atoms with Gasteiger partial charge in [-0.2, -0.15) is 13.2 Å². The molecule has 2 saturated heterocycles. The first-order valence-electron chi connectivity index (χ1n) is 10.2. The maximum absolute atomic E-state index is 13.1. The fraction of sp³-hybridized carbons (Fsp3) is 0.714. The van der Waals surface area contributed by atoms with Crippen molar-refractivity contribution in [2.24, 2.45) is 0 Å². The van der Waals surface area contributed by atoms with Gasteiger partial charge >= 0.3 is 20.4 Å². The first kappa shape index (κ1) is 23.6. The zero-order chi connectivity index (χ0) is 23.0. The molecule has 0 bridgehead atoms. The predicted molar refractivity (Wildman–Crippen MR) is 111 cm³/mol. The van der Waals surface area contributed by atoms with Crippen molar-refractivity contribution in [3.05, 3.63) is 35.4 Å². The zero-order valence-electron chi connectivity index (χ0n) is 19.2. The molecule has 0 amide bonds. The molecule has 2 fully saturated rings. The fourth-order valence-corrected chi connectivity index (χ4v) is 3.58. The normalized spacial score (nSPS) is 25.1. The van der Waals surface area contributed by atoms with E-state index in [2.05, 4.69) is 0 Å². The maximum Gasteiger partial charge on any atom is 0.466 e. The third kappa shape index (κ3) is 3.61. The van der Waals surface area contributed by atoms with Crippen LogP contribution in [0.3, 0.4) is 0 Å². The lowest BCUT2D eigenvalue weighted by Crippen LogP contribution is -2.56. The van der Waals surface area contributed by atoms with E-state index < -0.39 is 53.6 Å². The van der Waals surface area contributed by atoms with Crippen molar-refractivity contribution >= 4 is 14.2 Å². The molecule has 0 aromatic heterocycles. The molecule has 0 aliphatic carbocycles. The first-order valence-corrected chi connectivity index (χ1v) is 10.2. The quantitative estimate of drug-likeness (QED) is 0.621. The van der Waals surface area contributed by atoms with Crippen molar-refractivity contribution < 1.29 is 31.8 Å². The van der Waals surface area contributed by atoms with Crippen LogP contribution < -0.4 is 0 Å². The number of hydrogen-bond donors (Lipinski definition) is 0. The molecule has 1 aromatic rings. The van der Waals surface area contributed by atoms with Gasteiger partial charge in [-0.3, -0.25) is 0 Å². The van der Waals surface area contributed by atoms with Crippen molar-refractivity contribution in [1.29, 1.82) is 0 Å². The highest BCUT2D eigenvalue weighted by Crippen LogP contribution is 2.49. The number of benzene rings is 1. The van der Waals surface area contributed by atoms with E-state index in [1.807, 2.05) is 62.3 Å². The van der Waals surface area contributed by atoms with E-state index in [4.69, 9.17) is 18.6 Å². The van der Waals surface area contributed by atoms with Crippen LogP contribution >= 0.6 is 0 Å². The monoisotopic (exact) mass is 426 g/mol. The Morgan fingerprint density at radius 3 is 1.13 bits per heavy atom. The van der Waals surface area contributed by atoms with E-state index in [0.717, 1.165) is 12.1 Å². The van der Waals surface area contributed by atoms with E-state index in [1.54, 1.807) is 0 Å². The Morgan fingerprint density at radius 2 is 0.867 bits per heavy atom. The molecule has 2 aliphatic rings. The smallest absolute Gasteiger partial charge is 0.403 e. The van der Waals surface area contributed by atoms with Crippen molar-refractivity contribution in [3.63, 3.8) is 0 Å². The van der Waals surface area contributed by atoms with Crippen LogP contribution in [-0.2, 0) is 30.0 Å². The Kier molecular flexibility index (Phi) is 5.31. The van der Waals surface area contributed by atoms with Gasteiger partial charge in [-0.25, -0.2) is 0 Å². The summed E-state index contributed by atoms with van der Waals surface area (Å²) in [4.78, 5) is 0. The van der Waals surface area contributed by atoms with E-state index in [9.17, 15) is 13.2 Å². The van der Waals surface area contributed by atoms with Crippen molar-refractivity contribution in [2.75, 3.05) is 0 Å². The predicted octanol–water partition coefficient (Wildman–Crippen LogP) is 5.23. The summed E-state index contributed by atoms with van der Waals surface area (Å²) in [5, 5.41) is -1.01. The molecule has 4 nitrogen and oxygen atoms in total. The van der Waals surface area contributed by atoms with Gasteiger partial charge in [0.1, 0.15) is 0 Å². The van der Waals surface area contributed by atoms with Crippen LogP contribution in [0, 0.1) is 0 Å². The molecule has 0 N–H and O–H groups in total. The van der Waals surface area contributed by atoms with Crippen LogP contribution in [0.25, 0.3) is 0 Å². The number of halogens is 3. The average molecular weight is 426 g/mol. The highest BCUT2D eigenvalue weighted by Gasteiger charge is 2.68. The summed E-state index contributed by atoms with van der Waals surface area (Å²) in [5.41, 5.74) is -2.59. The van der Waals surface area contributed by atoms with Crippen molar-refractivity contribution in [2.45, 2.75) is 96.1 Å². The lowest BCUT2D eigenvalue weighted by Gasteiger charge is -2.34. The molecule has 1 aromatic carbocycles.